The molecule has 2 N–H and O–H groups in total. The standard InChI is InChI=1S/C14H15N3O5S/c1-8-13(9(2)22-16-8)23(19,20)17-11-5-3-10(4-6-11)12-7-15-14(18)21-12/h3-6,12,17H,7H2,1-2H3,(H,15,18). The van der Waals surface area contributed by atoms with Crippen molar-refractivity contribution in [2.24, 2.45) is 0 Å². The van der Waals surface area contributed by atoms with Crippen LogP contribution in [0.1, 0.15) is 23.1 Å². The Balaban J connectivity index is 1.79. The maximum Gasteiger partial charge on any atom is 0.407 e. The first-order valence-corrected chi connectivity index (χ1v) is 8.35. The third-order valence-corrected chi connectivity index (χ3v) is 5.08. The molecule has 0 radical (unpaired) electrons. The molecule has 1 aromatic heterocycles. The molecule has 1 aliphatic rings. The third kappa shape index (κ3) is 3.00. The Bertz CT molecular complexity index is 822. The van der Waals surface area contributed by atoms with Crippen molar-refractivity contribution in [2.75, 3.05) is 11.3 Å². The highest BCUT2D eigenvalue weighted by Crippen LogP contribution is 2.25. The molecule has 0 spiro atoms. The number of nitrogens with zero attached hydrogens (tertiary/aromatic N) is 1. The van der Waals surface area contributed by atoms with Gasteiger partial charge in [0.1, 0.15) is 11.8 Å². The zero-order valence-electron chi connectivity index (χ0n) is 12.5. The van der Waals surface area contributed by atoms with Crippen LogP contribution in [0.4, 0.5) is 10.5 Å². The monoisotopic (exact) mass is 337 g/mol. The number of cyclic esters (lactones) is 1. The number of aryl methyl sites for hydroxylation is 2. The van der Waals surface area contributed by atoms with Gasteiger partial charge in [-0.2, -0.15) is 0 Å². The van der Waals surface area contributed by atoms with Gasteiger partial charge in [0.25, 0.3) is 10.0 Å². The maximum absolute atomic E-state index is 12.4. The number of aromatic nitrogens is 1. The Labute approximate surface area is 132 Å². The number of benzene rings is 1. The summed E-state index contributed by atoms with van der Waals surface area (Å²) in [6.07, 6.45) is -0.825. The molecule has 1 aliphatic heterocycles. The quantitative estimate of drug-likeness (QED) is 0.881. The summed E-state index contributed by atoms with van der Waals surface area (Å²) >= 11 is 0. The number of sulfonamides is 1. The largest absolute Gasteiger partial charge is 0.439 e. The molecule has 3 rings (SSSR count). The van der Waals surface area contributed by atoms with Crippen LogP contribution in [0, 0.1) is 13.8 Å². The van der Waals surface area contributed by atoms with Gasteiger partial charge < -0.3 is 14.6 Å². The number of nitrogens with one attached hydrogen (secondary N) is 2. The van der Waals surface area contributed by atoms with E-state index in [2.05, 4.69) is 15.2 Å². The van der Waals surface area contributed by atoms with Gasteiger partial charge in [0, 0.05) is 5.69 Å². The Morgan fingerprint density at radius 2 is 1.96 bits per heavy atom. The van der Waals surface area contributed by atoms with Gasteiger partial charge in [-0.05, 0) is 31.5 Å². The van der Waals surface area contributed by atoms with Gasteiger partial charge in [-0.1, -0.05) is 17.3 Å². The summed E-state index contributed by atoms with van der Waals surface area (Å²) in [7, 11) is -3.78. The van der Waals surface area contributed by atoms with Crippen LogP contribution in [0.15, 0.2) is 33.7 Å². The molecule has 0 bridgehead atoms. The first kappa shape index (κ1) is 15.3. The number of anilines is 1. The van der Waals surface area contributed by atoms with Crippen molar-refractivity contribution < 1.29 is 22.5 Å². The molecule has 8 nitrogen and oxygen atoms in total. The van der Waals surface area contributed by atoms with Crippen molar-refractivity contribution in [1.82, 2.24) is 10.5 Å². The fourth-order valence-corrected chi connectivity index (χ4v) is 3.80. The molecule has 1 atom stereocenters. The fraction of sp³-hybridized carbons (Fsp3) is 0.286. The molecule has 0 saturated carbocycles. The Morgan fingerprint density at radius 3 is 2.48 bits per heavy atom. The van der Waals surface area contributed by atoms with Gasteiger partial charge in [0.2, 0.25) is 0 Å². The average molecular weight is 337 g/mol. The highest BCUT2D eigenvalue weighted by Gasteiger charge is 2.26. The van der Waals surface area contributed by atoms with E-state index in [1.165, 1.54) is 0 Å². The lowest BCUT2D eigenvalue weighted by atomic mass is 10.1. The van der Waals surface area contributed by atoms with Crippen LogP contribution in [-0.2, 0) is 14.8 Å². The number of carbonyl (C=O) groups excluding carboxylic acids is 1. The number of amides is 1. The van der Waals surface area contributed by atoms with Crippen molar-refractivity contribution in [3.63, 3.8) is 0 Å². The number of alkyl carbamates (subject to hydrolysis) is 1. The summed E-state index contributed by atoms with van der Waals surface area (Å²) in [6.45, 7) is 3.50. The molecule has 0 aliphatic carbocycles. The topological polar surface area (TPSA) is 111 Å². The minimum absolute atomic E-state index is 0.0375. The molecule has 1 saturated heterocycles. The second-order valence-corrected chi connectivity index (χ2v) is 6.77. The Kier molecular flexibility index (Phi) is 3.72. The van der Waals surface area contributed by atoms with Gasteiger partial charge >= 0.3 is 6.09 Å². The Hall–Kier alpha value is -2.55. The highest BCUT2D eigenvalue weighted by atomic mass is 32.2. The molecule has 2 aromatic rings. The van der Waals surface area contributed by atoms with Crippen LogP contribution < -0.4 is 10.0 Å². The van der Waals surface area contributed by atoms with Gasteiger partial charge in [-0.3, -0.25) is 4.72 Å². The predicted molar refractivity (Wildman–Crippen MR) is 80.5 cm³/mol. The van der Waals surface area contributed by atoms with Crippen LogP contribution in [0.5, 0.6) is 0 Å². The van der Waals surface area contributed by atoms with Crippen LogP contribution in [0.25, 0.3) is 0 Å². The fourth-order valence-electron chi connectivity index (χ4n) is 2.40. The lowest BCUT2D eigenvalue weighted by molar-refractivity contribution is 0.141. The van der Waals surface area contributed by atoms with Crippen LogP contribution in [-0.4, -0.2) is 26.2 Å². The van der Waals surface area contributed by atoms with Gasteiger partial charge in [-0.15, -0.1) is 0 Å². The van der Waals surface area contributed by atoms with E-state index >= 15 is 0 Å². The van der Waals surface area contributed by atoms with E-state index in [0.29, 0.717) is 17.9 Å². The van der Waals surface area contributed by atoms with Crippen molar-refractivity contribution in [3.8, 4) is 0 Å². The summed E-state index contributed by atoms with van der Waals surface area (Å²) in [6, 6.07) is 6.63. The van der Waals surface area contributed by atoms with Crippen molar-refractivity contribution in [2.45, 2.75) is 24.8 Å². The summed E-state index contributed by atoms with van der Waals surface area (Å²) in [5.74, 6) is 0.232. The first-order valence-electron chi connectivity index (χ1n) is 6.87. The zero-order chi connectivity index (χ0) is 16.6. The van der Waals surface area contributed by atoms with E-state index in [4.69, 9.17) is 9.26 Å². The van der Waals surface area contributed by atoms with Crippen molar-refractivity contribution in [1.29, 1.82) is 0 Å². The molecule has 122 valence electrons. The number of ether oxygens (including phenoxy) is 1. The molecule has 1 fully saturated rings. The number of hydrogen-bond acceptors (Lipinski definition) is 6. The summed E-state index contributed by atoms with van der Waals surface area (Å²) in [5.41, 5.74) is 1.48. The number of carbonyl (C=O) groups is 1. The van der Waals surface area contributed by atoms with Crippen molar-refractivity contribution >= 4 is 21.8 Å². The molecule has 9 heteroatoms. The maximum atomic E-state index is 12.4. The van der Waals surface area contributed by atoms with Crippen LogP contribution in [0.3, 0.4) is 0 Å². The first-order chi connectivity index (χ1) is 10.9. The smallest absolute Gasteiger partial charge is 0.407 e. The molecule has 1 amide bonds. The normalized spacial score (nSPS) is 17.7. The molecule has 2 heterocycles. The summed E-state index contributed by atoms with van der Waals surface area (Å²) < 4.78 is 37.2. The highest BCUT2D eigenvalue weighted by molar-refractivity contribution is 7.92. The zero-order valence-corrected chi connectivity index (χ0v) is 13.3. The van der Waals surface area contributed by atoms with E-state index in [1.807, 2.05) is 0 Å². The predicted octanol–water partition coefficient (Wildman–Crippen LogP) is 1.87. The average Bonchev–Trinajstić information content (AvgIpc) is 3.06. The number of hydrogen-bond donors (Lipinski definition) is 2. The molecule has 1 aromatic carbocycles. The summed E-state index contributed by atoms with van der Waals surface area (Å²) in [4.78, 5) is 11.1. The van der Waals surface area contributed by atoms with E-state index < -0.39 is 16.1 Å². The van der Waals surface area contributed by atoms with Gasteiger partial charge in [-0.25, -0.2) is 13.2 Å². The third-order valence-electron chi connectivity index (χ3n) is 3.45. The SMILES string of the molecule is Cc1noc(C)c1S(=O)(=O)Nc1ccc(C2CNC(=O)O2)cc1. The van der Waals surface area contributed by atoms with E-state index in [1.54, 1.807) is 38.1 Å². The van der Waals surface area contributed by atoms with Crippen LogP contribution >= 0.6 is 0 Å². The minimum atomic E-state index is -3.78. The lowest BCUT2D eigenvalue weighted by Gasteiger charge is -2.10. The minimum Gasteiger partial charge on any atom is -0.439 e. The molecule has 1 unspecified atom stereocenters. The Morgan fingerprint density at radius 1 is 1.26 bits per heavy atom. The van der Waals surface area contributed by atoms with Gasteiger partial charge in [0.15, 0.2) is 10.7 Å². The van der Waals surface area contributed by atoms with E-state index in [-0.39, 0.29) is 16.8 Å². The van der Waals surface area contributed by atoms with Crippen LogP contribution in [0.2, 0.25) is 0 Å². The van der Waals surface area contributed by atoms with E-state index in [0.717, 1.165) is 5.56 Å². The second-order valence-electron chi connectivity index (χ2n) is 5.16. The van der Waals surface area contributed by atoms with Crippen molar-refractivity contribution in [3.05, 3.63) is 41.3 Å². The van der Waals surface area contributed by atoms with E-state index in [9.17, 15) is 13.2 Å². The lowest BCUT2D eigenvalue weighted by Crippen LogP contribution is -2.14. The summed E-state index contributed by atoms with van der Waals surface area (Å²) in [5, 5.41) is 6.21. The number of rotatable bonds is 4. The molecule has 23 heavy (non-hydrogen) atoms. The van der Waals surface area contributed by atoms with Gasteiger partial charge in [0.05, 0.1) is 6.54 Å². The molecular formula is C14H15N3O5S. The molecular weight excluding hydrogens is 322 g/mol. The second kappa shape index (κ2) is 5.58.